The Morgan fingerprint density at radius 2 is 1.56 bits per heavy atom. The predicted molar refractivity (Wildman–Crippen MR) is 115 cm³/mol. The molecular formula is C23H26N2O7. The number of hydrogen-bond acceptors (Lipinski definition) is 6. The molecule has 170 valence electrons. The second-order valence-electron chi connectivity index (χ2n) is 7.39. The average Bonchev–Trinajstić information content (AvgIpc) is 3.12. The van der Waals surface area contributed by atoms with Crippen LogP contribution < -0.4 is 10.6 Å². The fraction of sp³-hybridized carbons (Fsp3) is 0.348. The lowest BCUT2D eigenvalue weighted by Gasteiger charge is -2.21. The van der Waals surface area contributed by atoms with Gasteiger partial charge in [-0.25, -0.2) is 9.59 Å². The molecule has 0 saturated carbocycles. The van der Waals surface area contributed by atoms with Crippen LogP contribution >= 0.6 is 0 Å². The Balaban J connectivity index is 1.65. The van der Waals surface area contributed by atoms with E-state index in [2.05, 4.69) is 10.6 Å². The van der Waals surface area contributed by atoms with Crippen LogP contribution in [0, 0.1) is 0 Å². The SMILES string of the molecule is COCCC(NC(=O)OCC1c2ccccc2-c2ccccc21)C(=O)N[C@H](CO)C(=O)O. The largest absolute Gasteiger partial charge is 0.480 e. The minimum Gasteiger partial charge on any atom is -0.480 e. The molecule has 4 N–H and O–H groups in total. The van der Waals surface area contributed by atoms with Crippen molar-refractivity contribution in [3.05, 3.63) is 59.7 Å². The van der Waals surface area contributed by atoms with Gasteiger partial charge in [-0.05, 0) is 22.3 Å². The molecule has 3 rings (SSSR count). The van der Waals surface area contributed by atoms with E-state index in [0.29, 0.717) is 0 Å². The number of methoxy groups -OCH3 is 1. The number of carboxylic acids is 1. The summed E-state index contributed by atoms with van der Waals surface area (Å²) in [6.45, 7) is -0.547. The molecule has 2 amide bonds. The number of ether oxygens (including phenoxy) is 2. The molecule has 0 spiro atoms. The van der Waals surface area contributed by atoms with E-state index in [1.54, 1.807) is 0 Å². The Morgan fingerprint density at radius 1 is 0.969 bits per heavy atom. The smallest absolute Gasteiger partial charge is 0.407 e. The third kappa shape index (κ3) is 5.24. The highest BCUT2D eigenvalue weighted by Crippen LogP contribution is 2.44. The first-order chi connectivity index (χ1) is 15.5. The van der Waals surface area contributed by atoms with Crippen LogP contribution in [0.1, 0.15) is 23.5 Å². The van der Waals surface area contributed by atoms with Gasteiger partial charge in [-0.2, -0.15) is 0 Å². The number of hydrogen-bond donors (Lipinski definition) is 4. The van der Waals surface area contributed by atoms with Crippen LogP contribution in [0.2, 0.25) is 0 Å². The minimum atomic E-state index is -1.48. The number of carbonyl (C=O) groups excluding carboxylic acids is 2. The molecule has 0 radical (unpaired) electrons. The third-order valence-corrected chi connectivity index (χ3v) is 5.36. The molecule has 0 aliphatic heterocycles. The van der Waals surface area contributed by atoms with Gasteiger partial charge in [0.05, 0.1) is 6.61 Å². The summed E-state index contributed by atoms with van der Waals surface area (Å²) < 4.78 is 10.4. The second kappa shape index (κ2) is 10.7. The first-order valence-corrected chi connectivity index (χ1v) is 10.2. The molecule has 0 heterocycles. The number of fused-ring (bicyclic) bond motifs is 3. The number of aliphatic hydroxyl groups excluding tert-OH is 1. The van der Waals surface area contributed by atoms with Crippen molar-refractivity contribution in [2.45, 2.75) is 24.4 Å². The molecule has 9 heteroatoms. The average molecular weight is 442 g/mol. The van der Waals surface area contributed by atoms with E-state index in [1.807, 2.05) is 48.5 Å². The Bertz CT molecular complexity index is 933. The highest BCUT2D eigenvalue weighted by molar-refractivity contribution is 5.89. The second-order valence-corrected chi connectivity index (χ2v) is 7.39. The lowest BCUT2D eigenvalue weighted by Crippen LogP contribution is -2.53. The summed E-state index contributed by atoms with van der Waals surface area (Å²) in [4.78, 5) is 36.0. The number of carbonyl (C=O) groups is 3. The molecule has 1 aliphatic rings. The fourth-order valence-electron chi connectivity index (χ4n) is 3.74. The van der Waals surface area contributed by atoms with Crippen LogP contribution in [0.4, 0.5) is 4.79 Å². The summed E-state index contributed by atoms with van der Waals surface area (Å²) in [6.07, 6.45) is -0.705. The van der Waals surface area contributed by atoms with Crippen LogP contribution in [0.5, 0.6) is 0 Å². The number of alkyl carbamates (subject to hydrolysis) is 1. The molecule has 0 saturated heterocycles. The van der Waals surface area contributed by atoms with Crippen LogP contribution in [-0.4, -0.2) is 67.2 Å². The molecular weight excluding hydrogens is 416 g/mol. The zero-order valence-corrected chi connectivity index (χ0v) is 17.6. The maximum absolute atomic E-state index is 12.5. The number of aliphatic carboxylic acids is 1. The molecule has 32 heavy (non-hydrogen) atoms. The van der Waals surface area contributed by atoms with E-state index in [0.717, 1.165) is 22.3 Å². The Morgan fingerprint density at radius 3 is 2.09 bits per heavy atom. The predicted octanol–water partition coefficient (Wildman–Crippen LogP) is 1.49. The number of amides is 2. The van der Waals surface area contributed by atoms with Gasteiger partial charge in [0.2, 0.25) is 5.91 Å². The van der Waals surface area contributed by atoms with Gasteiger partial charge in [0, 0.05) is 26.1 Å². The van der Waals surface area contributed by atoms with Gasteiger partial charge in [0.15, 0.2) is 0 Å². The van der Waals surface area contributed by atoms with E-state index in [1.165, 1.54) is 7.11 Å². The lowest BCUT2D eigenvalue weighted by molar-refractivity contribution is -0.143. The summed E-state index contributed by atoms with van der Waals surface area (Å²) in [6, 6.07) is 13.3. The summed E-state index contributed by atoms with van der Waals surface area (Å²) >= 11 is 0. The number of nitrogens with one attached hydrogen (secondary N) is 2. The fourth-order valence-corrected chi connectivity index (χ4v) is 3.74. The summed E-state index contributed by atoms with van der Waals surface area (Å²) in [5.74, 6) is -2.27. The lowest BCUT2D eigenvalue weighted by atomic mass is 9.98. The van der Waals surface area contributed by atoms with E-state index in [9.17, 15) is 14.4 Å². The first kappa shape index (κ1) is 23.2. The maximum Gasteiger partial charge on any atom is 0.407 e. The highest BCUT2D eigenvalue weighted by atomic mass is 16.5. The Hall–Kier alpha value is -3.43. The van der Waals surface area contributed by atoms with Crippen molar-refractivity contribution in [2.24, 2.45) is 0 Å². The van der Waals surface area contributed by atoms with Crippen molar-refractivity contribution in [3.8, 4) is 11.1 Å². The standard InChI is InChI=1S/C23H26N2O7/c1-31-11-10-19(21(27)24-20(12-26)22(28)29)25-23(30)32-13-18-16-8-4-2-6-14(16)15-7-3-5-9-17(15)18/h2-9,18-20,26H,10-13H2,1H3,(H,24,27)(H,25,30)(H,28,29)/t19?,20-/m1/s1. The van der Waals surface area contributed by atoms with Gasteiger partial charge < -0.3 is 30.3 Å². The van der Waals surface area contributed by atoms with Crippen molar-refractivity contribution < 1.29 is 34.1 Å². The van der Waals surface area contributed by atoms with Crippen LogP contribution in [0.3, 0.4) is 0 Å². The van der Waals surface area contributed by atoms with E-state index in [4.69, 9.17) is 19.7 Å². The molecule has 9 nitrogen and oxygen atoms in total. The number of carboxylic acid groups (broad SMARTS) is 1. The topological polar surface area (TPSA) is 134 Å². The van der Waals surface area contributed by atoms with Crippen LogP contribution in [0.25, 0.3) is 11.1 Å². The Labute approximate surface area is 185 Å². The highest BCUT2D eigenvalue weighted by Gasteiger charge is 2.30. The summed E-state index contributed by atoms with van der Waals surface area (Å²) in [7, 11) is 1.44. The Kier molecular flexibility index (Phi) is 7.80. The normalized spacial score (nSPS) is 14.1. The van der Waals surface area contributed by atoms with Crippen molar-refractivity contribution in [1.29, 1.82) is 0 Å². The molecule has 1 aliphatic carbocycles. The summed E-state index contributed by atoms with van der Waals surface area (Å²) in [5.41, 5.74) is 4.31. The zero-order chi connectivity index (χ0) is 23.1. The van der Waals surface area contributed by atoms with Crippen molar-refractivity contribution in [3.63, 3.8) is 0 Å². The molecule has 0 fully saturated rings. The van der Waals surface area contributed by atoms with Gasteiger partial charge in [-0.3, -0.25) is 4.79 Å². The van der Waals surface area contributed by atoms with Gasteiger partial charge in [0.25, 0.3) is 0 Å². The van der Waals surface area contributed by atoms with Crippen LogP contribution in [-0.2, 0) is 19.1 Å². The third-order valence-electron chi connectivity index (χ3n) is 5.36. The molecule has 2 atom stereocenters. The molecule has 1 unspecified atom stereocenters. The maximum atomic E-state index is 12.5. The van der Waals surface area contributed by atoms with Gasteiger partial charge in [-0.15, -0.1) is 0 Å². The quantitative estimate of drug-likeness (QED) is 0.438. The van der Waals surface area contributed by atoms with Gasteiger partial charge in [0.1, 0.15) is 18.7 Å². The monoisotopic (exact) mass is 442 g/mol. The number of benzene rings is 2. The van der Waals surface area contributed by atoms with E-state index >= 15 is 0 Å². The molecule has 2 aromatic carbocycles. The number of aliphatic hydroxyl groups is 1. The van der Waals surface area contributed by atoms with Crippen molar-refractivity contribution in [2.75, 3.05) is 26.9 Å². The van der Waals surface area contributed by atoms with Crippen molar-refractivity contribution >= 4 is 18.0 Å². The number of rotatable bonds is 10. The molecule has 0 bridgehead atoms. The van der Waals surface area contributed by atoms with Crippen LogP contribution in [0.15, 0.2) is 48.5 Å². The van der Waals surface area contributed by atoms with E-state index < -0.39 is 36.7 Å². The van der Waals surface area contributed by atoms with Gasteiger partial charge in [-0.1, -0.05) is 48.5 Å². The summed E-state index contributed by atoms with van der Waals surface area (Å²) in [5, 5.41) is 22.8. The zero-order valence-electron chi connectivity index (χ0n) is 17.6. The minimum absolute atomic E-state index is 0.0763. The molecule has 0 aromatic heterocycles. The molecule has 2 aromatic rings. The first-order valence-electron chi connectivity index (χ1n) is 10.2. The van der Waals surface area contributed by atoms with E-state index in [-0.39, 0.29) is 25.6 Å². The van der Waals surface area contributed by atoms with Gasteiger partial charge >= 0.3 is 12.1 Å². The van der Waals surface area contributed by atoms with Crippen molar-refractivity contribution in [1.82, 2.24) is 10.6 Å².